The van der Waals surface area contributed by atoms with Crippen LogP contribution in [0.3, 0.4) is 0 Å². The molecule has 3 nitrogen and oxygen atoms in total. The van der Waals surface area contributed by atoms with E-state index in [1.165, 1.54) is 57.3 Å². The Morgan fingerprint density at radius 2 is 1.90 bits per heavy atom. The maximum Gasteiger partial charge on any atom is 0.131 e. The molecule has 1 aromatic rings. The average Bonchev–Trinajstić information content (AvgIpc) is 2.83. The quantitative estimate of drug-likeness (QED) is 0.487. The van der Waals surface area contributed by atoms with E-state index in [2.05, 4.69) is 61.0 Å². The number of anilines is 1. The monoisotopic (exact) mass is 419 g/mol. The van der Waals surface area contributed by atoms with Crippen molar-refractivity contribution < 1.29 is 9.59 Å². The summed E-state index contributed by atoms with van der Waals surface area (Å²) in [4.78, 5) is 0. The van der Waals surface area contributed by atoms with Crippen LogP contribution < -0.4 is 5.32 Å². The number of allylic oxidation sites excluding steroid dienone is 1. The van der Waals surface area contributed by atoms with Crippen molar-refractivity contribution in [3.8, 4) is 0 Å². The van der Waals surface area contributed by atoms with Gasteiger partial charge in [-0.2, -0.15) is 0 Å². The van der Waals surface area contributed by atoms with Gasteiger partial charge in [-0.25, -0.2) is 0 Å². The van der Waals surface area contributed by atoms with Crippen LogP contribution >= 0.6 is 0 Å². The van der Waals surface area contributed by atoms with E-state index < -0.39 is 0 Å². The highest BCUT2D eigenvalue weighted by Crippen LogP contribution is 2.47. The summed E-state index contributed by atoms with van der Waals surface area (Å²) in [6.45, 7) is 12.7. The van der Waals surface area contributed by atoms with E-state index in [4.69, 9.17) is 0 Å². The van der Waals surface area contributed by atoms with Crippen LogP contribution in [-0.2, 0) is 0 Å². The number of nitrogens with zero attached hydrogens (tertiary/aromatic N) is 1. The molecular formula is C28H39N2O+. The molecule has 5 atom stereocenters. The minimum atomic E-state index is -0.388. The zero-order valence-electron chi connectivity index (χ0n) is 18.9. The van der Waals surface area contributed by atoms with Gasteiger partial charge in [-0.3, -0.25) is 0 Å². The van der Waals surface area contributed by atoms with E-state index in [1.807, 2.05) is 0 Å². The molecule has 5 aliphatic rings. The lowest BCUT2D eigenvalue weighted by atomic mass is 9.69. The summed E-state index contributed by atoms with van der Waals surface area (Å²) in [5.74, 6) is 2.78. The number of para-hydroxylation sites is 1. The van der Waals surface area contributed by atoms with Crippen molar-refractivity contribution >= 4 is 11.3 Å². The van der Waals surface area contributed by atoms with Gasteiger partial charge in [0.25, 0.3) is 0 Å². The van der Waals surface area contributed by atoms with Crippen LogP contribution in [0, 0.1) is 23.7 Å². The van der Waals surface area contributed by atoms with Gasteiger partial charge in [-0.05, 0) is 49.2 Å². The van der Waals surface area contributed by atoms with Crippen molar-refractivity contribution in [2.24, 2.45) is 23.7 Å². The van der Waals surface area contributed by atoms with Crippen LogP contribution in [0.4, 0.5) is 5.69 Å². The zero-order chi connectivity index (χ0) is 21.4. The minimum absolute atomic E-state index is 0.310. The van der Waals surface area contributed by atoms with Crippen molar-refractivity contribution in [2.75, 3.05) is 31.5 Å². The Balaban J connectivity index is 1.42. The number of aliphatic hydroxyl groups is 1. The lowest BCUT2D eigenvalue weighted by Crippen LogP contribution is -2.70. The summed E-state index contributed by atoms with van der Waals surface area (Å²) >= 11 is 0. The summed E-state index contributed by atoms with van der Waals surface area (Å²) < 4.78 is 1.10. The standard InChI is InChI=1S/C28H39N2O/c1-3-20-9-11-21(12-10-20)18-30-16-14-23(22(4-2)19-30)17-27(30)28(31)25-13-15-29-26-8-6-5-7-24(25)26/h3-8,13,20-23,27-29,31H,1-2,9-12,14-19H2/q+1. The normalized spacial score (nSPS) is 37.8. The zero-order valence-corrected chi connectivity index (χ0v) is 18.9. The van der Waals surface area contributed by atoms with E-state index in [1.54, 1.807) is 0 Å². The largest absolute Gasteiger partial charge is 0.382 e. The number of nitrogens with one attached hydrogen (secondary N) is 1. The fourth-order valence-corrected chi connectivity index (χ4v) is 7.30. The first-order valence-electron chi connectivity index (χ1n) is 12.5. The molecule has 2 N–H and O–H groups in total. The van der Waals surface area contributed by atoms with Crippen LogP contribution in [0.2, 0.25) is 0 Å². The van der Waals surface area contributed by atoms with E-state index >= 15 is 0 Å². The molecule has 0 aromatic heterocycles. The topological polar surface area (TPSA) is 32.3 Å². The Labute approximate surface area is 188 Å². The fourth-order valence-electron chi connectivity index (χ4n) is 7.30. The van der Waals surface area contributed by atoms with Gasteiger partial charge in [0.1, 0.15) is 12.1 Å². The lowest BCUT2D eigenvalue weighted by molar-refractivity contribution is -0.974. The molecule has 4 aliphatic heterocycles. The number of hydrogen-bond donors (Lipinski definition) is 2. The molecule has 3 saturated heterocycles. The van der Waals surface area contributed by atoms with E-state index in [9.17, 15) is 5.11 Å². The first-order valence-corrected chi connectivity index (χ1v) is 12.5. The smallest absolute Gasteiger partial charge is 0.131 e. The second-order valence-corrected chi connectivity index (χ2v) is 10.6. The van der Waals surface area contributed by atoms with Crippen molar-refractivity contribution in [2.45, 2.75) is 50.7 Å². The fraction of sp³-hybridized carbons (Fsp3) is 0.571. The van der Waals surface area contributed by atoms with Gasteiger partial charge in [-0.15, -0.1) is 13.2 Å². The summed E-state index contributed by atoms with van der Waals surface area (Å²) in [5.41, 5.74) is 3.50. The molecule has 0 radical (unpaired) electrons. The number of rotatable bonds is 6. The van der Waals surface area contributed by atoms with E-state index in [-0.39, 0.29) is 6.10 Å². The highest BCUT2D eigenvalue weighted by Gasteiger charge is 2.55. The Morgan fingerprint density at radius 3 is 2.68 bits per heavy atom. The minimum Gasteiger partial charge on any atom is -0.382 e. The van der Waals surface area contributed by atoms with Gasteiger partial charge in [0, 0.05) is 42.5 Å². The highest BCUT2D eigenvalue weighted by atomic mass is 16.3. The number of piperidine rings is 3. The van der Waals surface area contributed by atoms with Crippen LogP contribution in [0.1, 0.15) is 44.1 Å². The van der Waals surface area contributed by atoms with Crippen molar-refractivity contribution in [1.29, 1.82) is 0 Å². The summed E-state index contributed by atoms with van der Waals surface area (Å²) in [5, 5.41) is 15.3. The molecule has 4 heterocycles. The Kier molecular flexibility index (Phi) is 5.83. The molecule has 4 fully saturated rings. The molecule has 6 rings (SSSR count). The predicted octanol–water partition coefficient (Wildman–Crippen LogP) is 5.26. The third-order valence-corrected chi connectivity index (χ3v) is 9.06. The van der Waals surface area contributed by atoms with Crippen LogP contribution in [0.5, 0.6) is 0 Å². The number of fused-ring (bicyclic) bond motifs is 4. The van der Waals surface area contributed by atoms with Gasteiger partial charge in [-0.1, -0.05) is 36.4 Å². The van der Waals surface area contributed by atoms with Crippen LogP contribution in [0.15, 0.2) is 55.7 Å². The van der Waals surface area contributed by atoms with Crippen molar-refractivity contribution in [3.05, 3.63) is 61.2 Å². The Hall–Kier alpha value is -1.84. The number of quaternary nitrogens is 1. The van der Waals surface area contributed by atoms with Gasteiger partial charge in [0.15, 0.2) is 0 Å². The number of hydrogen-bond acceptors (Lipinski definition) is 2. The maximum atomic E-state index is 11.9. The molecule has 5 unspecified atom stereocenters. The first-order chi connectivity index (χ1) is 15.1. The summed E-state index contributed by atoms with van der Waals surface area (Å²) in [6, 6.07) is 8.79. The molecule has 166 valence electrons. The number of benzene rings is 1. The molecule has 2 bridgehead atoms. The number of aliphatic hydroxyl groups excluding tert-OH is 1. The molecule has 1 aromatic carbocycles. The molecule has 1 aliphatic carbocycles. The molecule has 3 heteroatoms. The van der Waals surface area contributed by atoms with Gasteiger partial charge in [0.05, 0.1) is 19.6 Å². The summed E-state index contributed by atoms with van der Waals surface area (Å²) in [7, 11) is 0. The lowest BCUT2D eigenvalue weighted by Gasteiger charge is -2.59. The molecule has 0 spiro atoms. The van der Waals surface area contributed by atoms with Gasteiger partial charge in [0.2, 0.25) is 0 Å². The van der Waals surface area contributed by atoms with E-state index in [0.29, 0.717) is 23.8 Å². The average molecular weight is 420 g/mol. The first kappa shape index (κ1) is 21.0. The second-order valence-electron chi connectivity index (χ2n) is 10.6. The molecule has 31 heavy (non-hydrogen) atoms. The Morgan fingerprint density at radius 1 is 1.10 bits per heavy atom. The third-order valence-electron chi connectivity index (χ3n) is 9.06. The predicted molar refractivity (Wildman–Crippen MR) is 130 cm³/mol. The van der Waals surface area contributed by atoms with Crippen molar-refractivity contribution in [1.82, 2.24) is 0 Å². The Bertz CT molecular complexity index is 852. The van der Waals surface area contributed by atoms with Crippen LogP contribution in [-0.4, -0.2) is 47.9 Å². The van der Waals surface area contributed by atoms with Crippen LogP contribution in [0.25, 0.3) is 5.57 Å². The summed E-state index contributed by atoms with van der Waals surface area (Å²) in [6.07, 6.45) is 13.9. The SMILES string of the molecule is C=CC1CCC(C[N+]23CCC(CC2C(O)C2=CCNc4ccccc42)C(C=C)C3)CC1. The van der Waals surface area contributed by atoms with Gasteiger partial charge < -0.3 is 14.9 Å². The molecule has 0 amide bonds. The third kappa shape index (κ3) is 3.81. The van der Waals surface area contributed by atoms with Crippen molar-refractivity contribution in [3.63, 3.8) is 0 Å². The highest BCUT2D eigenvalue weighted by molar-refractivity contribution is 5.81. The maximum absolute atomic E-state index is 11.9. The molecular weight excluding hydrogens is 380 g/mol. The second kappa shape index (κ2) is 8.60. The van der Waals surface area contributed by atoms with Gasteiger partial charge >= 0.3 is 0 Å². The van der Waals surface area contributed by atoms with E-state index in [0.717, 1.165) is 34.6 Å². The molecule has 1 saturated carbocycles.